The van der Waals surface area contributed by atoms with Gasteiger partial charge in [-0.05, 0) is 37.4 Å². The molecule has 1 aromatic carbocycles. The van der Waals surface area contributed by atoms with Crippen LogP contribution in [0.5, 0.6) is 11.8 Å². The number of nitrogens with one attached hydrogen (secondary N) is 1. The lowest BCUT2D eigenvalue weighted by molar-refractivity contribution is 0.0382. The number of nitrogens with zero attached hydrogens (tertiary/aromatic N) is 3. The summed E-state index contributed by atoms with van der Waals surface area (Å²) in [5, 5.41) is 22.7. The van der Waals surface area contributed by atoms with Gasteiger partial charge in [0.2, 0.25) is 11.8 Å². The first-order valence-corrected chi connectivity index (χ1v) is 9.66. The zero-order valence-electron chi connectivity index (χ0n) is 16.8. The van der Waals surface area contributed by atoms with Crippen LogP contribution >= 0.6 is 0 Å². The van der Waals surface area contributed by atoms with E-state index >= 15 is 0 Å². The van der Waals surface area contributed by atoms with Crippen LogP contribution in [0.25, 0.3) is 10.9 Å². The van der Waals surface area contributed by atoms with Crippen LogP contribution in [-0.2, 0) is 0 Å². The minimum atomic E-state index is -0.767. The third-order valence-electron chi connectivity index (χ3n) is 4.74. The van der Waals surface area contributed by atoms with Crippen LogP contribution in [-0.4, -0.2) is 62.9 Å². The molecule has 0 radical (unpaired) electrons. The van der Waals surface area contributed by atoms with Gasteiger partial charge < -0.3 is 25.3 Å². The van der Waals surface area contributed by atoms with Crippen molar-refractivity contribution in [3.05, 3.63) is 53.7 Å². The normalized spacial score (nSPS) is 11.0. The van der Waals surface area contributed by atoms with E-state index < -0.39 is 17.7 Å². The lowest BCUT2D eigenvalue weighted by atomic mass is 10.1. The Kier molecular flexibility index (Phi) is 6.53. The molecule has 0 bridgehead atoms. The summed E-state index contributed by atoms with van der Waals surface area (Å²) in [6.45, 7) is 7.30. The molecule has 0 aliphatic heterocycles. The van der Waals surface area contributed by atoms with Gasteiger partial charge in [-0.3, -0.25) is 4.79 Å². The van der Waals surface area contributed by atoms with Crippen molar-refractivity contribution in [3.63, 3.8) is 0 Å². The number of hydrogen-bond donors (Lipinski definition) is 3. The van der Waals surface area contributed by atoms with Crippen LogP contribution in [0.15, 0.2) is 42.5 Å². The van der Waals surface area contributed by atoms with Crippen molar-refractivity contribution in [2.45, 2.75) is 13.8 Å². The molecule has 0 atom stereocenters. The van der Waals surface area contributed by atoms with E-state index in [1.165, 1.54) is 18.2 Å². The molecule has 3 aromatic rings. The van der Waals surface area contributed by atoms with Crippen molar-refractivity contribution in [2.75, 3.05) is 26.2 Å². The molecule has 0 aliphatic rings. The number of carbonyl (C=O) groups is 2. The largest absolute Gasteiger partial charge is 0.492 e. The molecule has 3 N–H and O–H groups in total. The van der Waals surface area contributed by atoms with Gasteiger partial charge in [0.05, 0.1) is 11.1 Å². The molecule has 0 spiro atoms. The van der Waals surface area contributed by atoms with Crippen LogP contribution in [0, 0.1) is 0 Å². The third-order valence-corrected chi connectivity index (χ3v) is 4.74. The fourth-order valence-electron chi connectivity index (χ4n) is 2.97. The Morgan fingerprint density at radius 1 is 1.07 bits per heavy atom. The first kappa shape index (κ1) is 21.1. The number of carbonyl (C=O) groups excluding carboxylic acids is 2. The van der Waals surface area contributed by atoms with Gasteiger partial charge in [-0.1, -0.05) is 19.9 Å². The van der Waals surface area contributed by atoms with E-state index in [9.17, 15) is 19.8 Å². The highest BCUT2D eigenvalue weighted by Crippen LogP contribution is 2.20. The molecular formula is C21H24N4O5. The van der Waals surface area contributed by atoms with Gasteiger partial charge in [-0.25, -0.2) is 9.78 Å². The Hall–Kier alpha value is -3.59. The number of fused-ring (bicyclic) bond motifs is 1. The molecule has 3 rings (SSSR count). The van der Waals surface area contributed by atoms with Crippen molar-refractivity contribution in [1.29, 1.82) is 0 Å². The lowest BCUT2D eigenvalue weighted by Crippen LogP contribution is -2.35. The molecule has 0 saturated heterocycles. The van der Waals surface area contributed by atoms with E-state index in [4.69, 9.17) is 4.84 Å². The lowest BCUT2D eigenvalue weighted by Gasteiger charge is -2.17. The van der Waals surface area contributed by atoms with E-state index in [1.54, 1.807) is 24.3 Å². The Morgan fingerprint density at radius 3 is 2.43 bits per heavy atom. The summed E-state index contributed by atoms with van der Waals surface area (Å²) in [6.07, 6.45) is 0. The highest BCUT2D eigenvalue weighted by atomic mass is 16.7. The Labute approximate surface area is 173 Å². The average molecular weight is 412 g/mol. The first-order valence-electron chi connectivity index (χ1n) is 9.66. The third kappa shape index (κ3) is 4.69. The number of aromatic nitrogens is 2. The highest BCUT2D eigenvalue weighted by Gasteiger charge is 2.15. The van der Waals surface area contributed by atoms with E-state index in [2.05, 4.69) is 29.0 Å². The maximum Gasteiger partial charge on any atom is 0.363 e. The molecule has 0 aliphatic carbocycles. The number of benzene rings is 1. The standard InChI is InChI=1S/C21H24N4O5/c1-3-24(4-2)12-11-22-20(28)17-8-5-14-13-15(6-7-16(14)23-17)21(29)30-25-18(26)9-10-19(25)27/h5-10,13,26-27H,3-4,11-12H2,1-2H3,(H,22,28). The van der Waals surface area contributed by atoms with Crippen LogP contribution < -0.4 is 10.2 Å². The highest BCUT2D eigenvalue weighted by molar-refractivity contribution is 5.97. The number of hydrogen-bond acceptors (Lipinski definition) is 7. The van der Waals surface area contributed by atoms with Gasteiger partial charge in [0.1, 0.15) is 5.69 Å². The molecule has 0 saturated carbocycles. The number of rotatable bonds is 8. The summed E-state index contributed by atoms with van der Waals surface area (Å²) >= 11 is 0. The molecule has 2 aromatic heterocycles. The van der Waals surface area contributed by atoms with E-state index in [-0.39, 0.29) is 11.5 Å². The van der Waals surface area contributed by atoms with E-state index in [0.29, 0.717) is 27.9 Å². The van der Waals surface area contributed by atoms with Crippen molar-refractivity contribution >= 4 is 22.8 Å². The van der Waals surface area contributed by atoms with Gasteiger partial charge in [0.25, 0.3) is 5.91 Å². The minimum absolute atomic E-state index is 0.202. The SMILES string of the molecule is CCN(CC)CCNC(=O)c1ccc2cc(C(=O)On3c(O)ccc3O)ccc2n1. The van der Waals surface area contributed by atoms with Crippen LogP contribution in [0.4, 0.5) is 0 Å². The molecule has 0 fully saturated rings. The summed E-state index contributed by atoms with van der Waals surface area (Å²) in [7, 11) is 0. The minimum Gasteiger partial charge on any atom is -0.492 e. The zero-order chi connectivity index (χ0) is 21.7. The topological polar surface area (TPSA) is 117 Å². The number of aromatic hydroxyl groups is 2. The summed E-state index contributed by atoms with van der Waals surface area (Å²) < 4.78 is 0.621. The number of likely N-dealkylation sites (N-methyl/N-ethyl adjacent to an activating group) is 1. The van der Waals surface area contributed by atoms with Crippen molar-refractivity contribution in [3.8, 4) is 11.8 Å². The second-order valence-electron chi connectivity index (χ2n) is 6.61. The Morgan fingerprint density at radius 2 is 1.77 bits per heavy atom. The van der Waals surface area contributed by atoms with Crippen molar-refractivity contribution < 1.29 is 24.6 Å². The van der Waals surface area contributed by atoms with Gasteiger partial charge >= 0.3 is 5.97 Å². The second kappa shape index (κ2) is 9.27. The van der Waals surface area contributed by atoms with Crippen LogP contribution in [0.2, 0.25) is 0 Å². The maximum atomic E-state index is 12.3. The summed E-state index contributed by atoms with van der Waals surface area (Å²) in [5.74, 6) is -1.83. The average Bonchev–Trinajstić information content (AvgIpc) is 3.07. The molecule has 30 heavy (non-hydrogen) atoms. The fraction of sp³-hybridized carbons (Fsp3) is 0.286. The van der Waals surface area contributed by atoms with Crippen molar-refractivity contribution in [2.24, 2.45) is 0 Å². The summed E-state index contributed by atoms with van der Waals surface area (Å²) in [5.41, 5.74) is 1.04. The Balaban J connectivity index is 1.69. The van der Waals surface area contributed by atoms with Gasteiger partial charge in [0, 0.05) is 30.6 Å². The quantitative estimate of drug-likeness (QED) is 0.516. The van der Waals surface area contributed by atoms with E-state index in [1.807, 2.05) is 0 Å². The number of pyridine rings is 1. The Bertz CT molecular complexity index is 1040. The number of amides is 1. The van der Waals surface area contributed by atoms with Gasteiger partial charge in [0.15, 0.2) is 0 Å². The van der Waals surface area contributed by atoms with E-state index in [0.717, 1.165) is 19.6 Å². The van der Waals surface area contributed by atoms with Crippen LogP contribution in [0.3, 0.4) is 0 Å². The molecule has 158 valence electrons. The van der Waals surface area contributed by atoms with Gasteiger partial charge in [-0.2, -0.15) is 0 Å². The molecule has 9 nitrogen and oxygen atoms in total. The fourth-order valence-corrected chi connectivity index (χ4v) is 2.97. The van der Waals surface area contributed by atoms with Gasteiger partial charge in [-0.15, -0.1) is 4.73 Å². The van der Waals surface area contributed by atoms with Crippen molar-refractivity contribution in [1.82, 2.24) is 19.9 Å². The molecular weight excluding hydrogens is 388 g/mol. The second-order valence-corrected chi connectivity index (χ2v) is 6.61. The monoisotopic (exact) mass is 412 g/mol. The molecule has 0 unspecified atom stereocenters. The predicted molar refractivity (Wildman–Crippen MR) is 111 cm³/mol. The molecule has 2 heterocycles. The first-order chi connectivity index (χ1) is 14.4. The smallest absolute Gasteiger partial charge is 0.363 e. The predicted octanol–water partition coefficient (Wildman–Crippen LogP) is 1.79. The summed E-state index contributed by atoms with van der Waals surface area (Å²) in [6, 6.07) is 10.3. The summed E-state index contributed by atoms with van der Waals surface area (Å²) in [4.78, 5) is 36.2. The zero-order valence-corrected chi connectivity index (χ0v) is 16.8. The maximum absolute atomic E-state index is 12.3. The van der Waals surface area contributed by atoms with Crippen LogP contribution in [0.1, 0.15) is 34.7 Å². The molecule has 1 amide bonds. The molecule has 9 heteroatoms.